The monoisotopic (exact) mass is 286 g/mol. The lowest BCUT2D eigenvalue weighted by atomic mass is 10.2. The van der Waals surface area contributed by atoms with Crippen LogP contribution in [0.5, 0.6) is 0 Å². The van der Waals surface area contributed by atoms with E-state index >= 15 is 0 Å². The number of benzene rings is 1. The molecule has 1 aliphatic rings. The Bertz CT molecular complexity index is 611. The molecule has 1 aromatic rings. The van der Waals surface area contributed by atoms with Gasteiger partial charge in [-0.15, -0.1) is 0 Å². The quantitative estimate of drug-likeness (QED) is 0.900. The minimum Gasteiger partial charge on any atom is -0.336 e. The van der Waals surface area contributed by atoms with Gasteiger partial charge in [-0.2, -0.15) is 0 Å². The third-order valence-corrected chi connectivity index (χ3v) is 4.00. The van der Waals surface area contributed by atoms with Crippen molar-refractivity contribution in [2.45, 2.75) is 30.7 Å². The molecule has 0 bridgehead atoms. The minimum absolute atomic E-state index is 0.134. The molecule has 0 atom stereocenters. The van der Waals surface area contributed by atoms with Crippen LogP contribution >= 0.6 is 0 Å². The highest BCUT2D eigenvalue weighted by Gasteiger charge is 2.33. The SMILES string of the molecule is CCN(C(=O)c1cc(S(N)(=O)=O)ccc1F)C1CC1. The average Bonchev–Trinajstić information content (AvgIpc) is 3.13. The highest BCUT2D eigenvalue weighted by Crippen LogP contribution is 2.28. The molecule has 1 amide bonds. The summed E-state index contributed by atoms with van der Waals surface area (Å²) in [7, 11) is -3.95. The summed E-state index contributed by atoms with van der Waals surface area (Å²) in [6.45, 7) is 2.26. The molecule has 0 unspecified atom stereocenters. The zero-order valence-electron chi connectivity index (χ0n) is 10.5. The van der Waals surface area contributed by atoms with Gasteiger partial charge in [-0.05, 0) is 38.0 Å². The van der Waals surface area contributed by atoms with Gasteiger partial charge in [-0.3, -0.25) is 4.79 Å². The first-order valence-corrected chi connectivity index (χ1v) is 7.52. The van der Waals surface area contributed by atoms with Crippen molar-refractivity contribution in [3.05, 3.63) is 29.6 Å². The first-order chi connectivity index (χ1) is 8.84. The standard InChI is InChI=1S/C12H15FN2O3S/c1-2-15(8-3-4-8)12(16)10-7-9(19(14,17)18)5-6-11(10)13/h5-8H,2-4H2,1H3,(H2,14,17,18). The third kappa shape index (κ3) is 2.93. The number of hydrogen-bond donors (Lipinski definition) is 1. The predicted octanol–water partition coefficient (Wildman–Crippen LogP) is 1.10. The summed E-state index contributed by atoms with van der Waals surface area (Å²) < 4.78 is 36.2. The van der Waals surface area contributed by atoms with Crippen LogP contribution in [0.1, 0.15) is 30.1 Å². The number of nitrogens with zero attached hydrogens (tertiary/aromatic N) is 1. The Balaban J connectivity index is 2.40. The van der Waals surface area contributed by atoms with E-state index in [1.807, 2.05) is 0 Å². The summed E-state index contributed by atoms with van der Waals surface area (Å²) in [6.07, 6.45) is 1.80. The molecule has 0 spiro atoms. The van der Waals surface area contributed by atoms with Crippen LogP contribution in [-0.2, 0) is 10.0 Å². The summed E-state index contributed by atoms with van der Waals surface area (Å²) in [6, 6.07) is 3.13. The van der Waals surface area contributed by atoms with Gasteiger partial charge >= 0.3 is 0 Å². The normalized spacial score (nSPS) is 15.3. The highest BCUT2D eigenvalue weighted by molar-refractivity contribution is 7.89. The first kappa shape index (κ1) is 14.0. The topological polar surface area (TPSA) is 80.5 Å². The molecule has 1 aromatic carbocycles. The van der Waals surface area contributed by atoms with E-state index in [9.17, 15) is 17.6 Å². The predicted molar refractivity (Wildman–Crippen MR) is 67.5 cm³/mol. The summed E-state index contributed by atoms with van der Waals surface area (Å²) in [5, 5.41) is 4.98. The van der Waals surface area contributed by atoms with Crippen molar-refractivity contribution in [2.75, 3.05) is 6.54 Å². The lowest BCUT2D eigenvalue weighted by Crippen LogP contribution is -2.33. The number of nitrogens with two attached hydrogens (primary N) is 1. The Kier molecular flexibility index (Phi) is 3.60. The van der Waals surface area contributed by atoms with Crippen molar-refractivity contribution < 1.29 is 17.6 Å². The summed E-state index contributed by atoms with van der Waals surface area (Å²) in [4.78, 5) is 13.5. The van der Waals surface area contributed by atoms with Crippen molar-refractivity contribution in [3.63, 3.8) is 0 Å². The molecule has 2 N–H and O–H groups in total. The number of amides is 1. The fraction of sp³-hybridized carbons (Fsp3) is 0.417. The lowest BCUT2D eigenvalue weighted by molar-refractivity contribution is 0.0747. The molecule has 7 heteroatoms. The van der Waals surface area contributed by atoms with E-state index in [4.69, 9.17) is 5.14 Å². The van der Waals surface area contributed by atoms with Crippen molar-refractivity contribution in [2.24, 2.45) is 5.14 Å². The second-order valence-electron chi connectivity index (χ2n) is 4.51. The van der Waals surface area contributed by atoms with E-state index in [-0.39, 0.29) is 16.5 Å². The second-order valence-corrected chi connectivity index (χ2v) is 6.07. The van der Waals surface area contributed by atoms with E-state index in [1.54, 1.807) is 11.8 Å². The number of primary sulfonamides is 1. The maximum absolute atomic E-state index is 13.7. The number of hydrogen-bond acceptors (Lipinski definition) is 3. The van der Waals surface area contributed by atoms with Gasteiger partial charge in [-0.1, -0.05) is 0 Å². The van der Waals surface area contributed by atoms with Gasteiger partial charge in [0, 0.05) is 12.6 Å². The molecule has 1 saturated carbocycles. The summed E-state index contributed by atoms with van der Waals surface area (Å²) in [5.41, 5.74) is -0.250. The summed E-state index contributed by atoms with van der Waals surface area (Å²) in [5.74, 6) is -1.23. The lowest BCUT2D eigenvalue weighted by Gasteiger charge is -2.20. The molecule has 0 saturated heterocycles. The number of carbonyl (C=O) groups excluding carboxylic acids is 1. The van der Waals surface area contributed by atoms with Crippen LogP contribution in [-0.4, -0.2) is 31.8 Å². The molecule has 0 radical (unpaired) electrons. The highest BCUT2D eigenvalue weighted by atomic mass is 32.2. The fourth-order valence-corrected chi connectivity index (χ4v) is 2.49. The van der Waals surface area contributed by atoms with Crippen molar-refractivity contribution in [1.29, 1.82) is 0 Å². The molecular formula is C12H15FN2O3S. The van der Waals surface area contributed by atoms with E-state index in [0.717, 1.165) is 31.0 Å². The van der Waals surface area contributed by atoms with Crippen LogP contribution in [0.2, 0.25) is 0 Å². The maximum Gasteiger partial charge on any atom is 0.257 e. The molecule has 0 aliphatic heterocycles. The first-order valence-electron chi connectivity index (χ1n) is 5.98. The third-order valence-electron chi connectivity index (χ3n) is 3.09. The molecule has 19 heavy (non-hydrogen) atoms. The van der Waals surface area contributed by atoms with E-state index in [2.05, 4.69) is 0 Å². The van der Waals surface area contributed by atoms with Gasteiger partial charge in [0.1, 0.15) is 5.82 Å². The molecule has 1 fully saturated rings. The van der Waals surface area contributed by atoms with Crippen LogP contribution in [0.4, 0.5) is 4.39 Å². The van der Waals surface area contributed by atoms with Gasteiger partial charge in [0.25, 0.3) is 5.91 Å². The van der Waals surface area contributed by atoms with Crippen LogP contribution in [0.25, 0.3) is 0 Å². The number of sulfonamides is 1. The minimum atomic E-state index is -3.95. The van der Waals surface area contributed by atoms with Crippen LogP contribution < -0.4 is 5.14 Å². The van der Waals surface area contributed by atoms with Gasteiger partial charge < -0.3 is 4.90 Å². The van der Waals surface area contributed by atoms with Gasteiger partial charge in [0.15, 0.2) is 0 Å². The molecule has 2 rings (SSSR count). The van der Waals surface area contributed by atoms with Crippen LogP contribution in [0.15, 0.2) is 23.1 Å². The number of halogens is 1. The summed E-state index contributed by atoms with van der Waals surface area (Å²) >= 11 is 0. The molecule has 0 aromatic heterocycles. The molecule has 104 valence electrons. The fourth-order valence-electron chi connectivity index (χ4n) is 1.95. The van der Waals surface area contributed by atoms with Gasteiger partial charge in [-0.25, -0.2) is 17.9 Å². The molecule has 1 aliphatic carbocycles. The zero-order valence-corrected chi connectivity index (χ0v) is 11.3. The van der Waals surface area contributed by atoms with Crippen LogP contribution in [0, 0.1) is 5.82 Å². The number of carbonyl (C=O) groups is 1. The van der Waals surface area contributed by atoms with E-state index < -0.39 is 21.7 Å². The Morgan fingerprint density at radius 3 is 2.58 bits per heavy atom. The molecule has 5 nitrogen and oxygen atoms in total. The van der Waals surface area contributed by atoms with Gasteiger partial charge in [0.05, 0.1) is 10.5 Å². The van der Waals surface area contributed by atoms with Crippen molar-refractivity contribution in [1.82, 2.24) is 4.90 Å². The van der Waals surface area contributed by atoms with Crippen molar-refractivity contribution >= 4 is 15.9 Å². The van der Waals surface area contributed by atoms with Crippen LogP contribution in [0.3, 0.4) is 0 Å². The van der Waals surface area contributed by atoms with E-state index in [1.165, 1.54) is 0 Å². The molecular weight excluding hydrogens is 271 g/mol. The Morgan fingerprint density at radius 1 is 1.47 bits per heavy atom. The number of rotatable bonds is 4. The van der Waals surface area contributed by atoms with Crippen molar-refractivity contribution in [3.8, 4) is 0 Å². The largest absolute Gasteiger partial charge is 0.336 e. The Hall–Kier alpha value is -1.47. The Morgan fingerprint density at radius 2 is 2.11 bits per heavy atom. The average molecular weight is 286 g/mol. The maximum atomic E-state index is 13.7. The smallest absolute Gasteiger partial charge is 0.257 e. The van der Waals surface area contributed by atoms with E-state index in [0.29, 0.717) is 6.54 Å². The van der Waals surface area contributed by atoms with Gasteiger partial charge in [0.2, 0.25) is 10.0 Å². The molecule has 0 heterocycles. The second kappa shape index (κ2) is 4.90. The zero-order chi connectivity index (χ0) is 14.2. The Labute approximate surface area is 111 Å².